The molecule has 0 amide bonds. The molecule has 4 nitrogen and oxygen atoms in total. The first-order chi connectivity index (χ1) is 18.8. The van der Waals surface area contributed by atoms with Crippen LogP contribution in [0.5, 0.6) is 0 Å². The molecule has 6 unspecified atom stereocenters. The van der Waals surface area contributed by atoms with Crippen molar-refractivity contribution in [2.75, 3.05) is 29.7 Å². The van der Waals surface area contributed by atoms with E-state index in [1.165, 1.54) is 30.4 Å². The van der Waals surface area contributed by atoms with Crippen molar-refractivity contribution in [2.24, 2.45) is 28.6 Å². The summed E-state index contributed by atoms with van der Waals surface area (Å²) in [6.45, 7) is 6.39. The largest absolute Gasteiger partial charge is 0.462 e. The Morgan fingerprint density at radius 2 is 1.72 bits per heavy atom. The van der Waals surface area contributed by atoms with E-state index in [1.54, 1.807) is 0 Å². The van der Waals surface area contributed by atoms with E-state index in [9.17, 15) is 9.59 Å². The van der Waals surface area contributed by atoms with Crippen LogP contribution in [0.2, 0.25) is 0 Å². The summed E-state index contributed by atoms with van der Waals surface area (Å²) in [6.07, 6.45) is 12.6. The molecule has 0 spiro atoms. The van der Waals surface area contributed by atoms with Crippen LogP contribution in [0.25, 0.3) is 0 Å². The highest BCUT2D eigenvalue weighted by atomic mass is 35.5. The van der Waals surface area contributed by atoms with Crippen molar-refractivity contribution in [3.63, 3.8) is 0 Å². The van der Waals surface area contributed by atoms with Crippen LogP contribution in [-0.4, -0.2) is 42.7 Å². The third-order valence-corrected chi connectivity index (χ3v) is 11.3. The number of allylic oxidation sites excluding steroid dienone is 1. The van der Waals surface area contributed by atoms with Crippen molar-refractivity contribution in [3.05, 3.63) is 41.5 Å². The van der Waals surface area contributed by atoms with Gasteiger partial charge in [0.1, 0.15) is 6.10 Å². The summed E-state index contributed by atoms with van der Waals surface area (Å²) in [5.41, 5.74) is 4.07. The second-order valence-electron chi connectivity index (χ2n) is 13.0. The van der Waals surface area contributed by atoms with Gasteiger partial charge in [0, 0.05) is 48.8 Å². The Morgan fingerprint density at radius 3 is 2.44 bits per heavy atom. The number of halogens is 2. The van der Waals surface area contributed by atoms with E-state index in [1.807, 2.05) is 6.08 Å². The minimum Gasteiger partial charge on any atom is -0.462 e. The molecule has 6 atom stereocenters. The highest BCUT2D eigenvalue weighted by Gasteiger charge is 2.59. The Morgan fingerprint density at radius 1 is 0.974 bits per heavy atom. The van der Waals surface area contributed by atoms with Crippen molar-refractivity contribution >= 4 is 40.6 Å². The summed E-state index contributed by atoms with van der Waals surface area (Å²) in [4.78, 5) is 27.3. The van der Waals surface area contributed by atoms with Gasteiger partial charge in [-0.1, -0.05) is 31.6 Å². The maximum absolute atomic E-state index is 13.0. The van der Waals surface area contributed by atoms with E-state index in [4.69, 9.17) is 27.9 Å². The molecule has 5 rings (SSSR count). The van der Waals surface area contributed by atoms with Gasteiger partial charge in [-0.05, 0) is 105 Å². The maximum Gasteiger partial charge on any atom is 0.306 e. The predicted molar refractivity (Wildman–Crippen MR) is 160 cm³/mol. The molecule has 4 aliphatic carbocycles. The lowest BCUT2D eigenvalue weighted by Gasteiger charge is -2.57. The normalized spacial score (nSPS) is 33.5. The third kappa shape index (κ3) is 5.80. The fraction of sp³-hybridized carbons (Fsp3) is 0.697. The number of carbonyl (C=O) groups is 2. The number of carbonyl (C=O) groups excluding carboxylic acids is 2. The van der Waals surface area contributed by atoms with E-state index in [-0.39, 0.29) is 22.9 Å². The molecule has 3 fully saturated rings. The first kappa shape index (κ1) is 29.0. The number of alkyl halides is 2. The minimum atomic E-state index is -0.0392. The number of ketones is 1. The lowest BCUT2D eigenvalue weighted by molar-refractivity contribution is -0.160. The second kappa shape index (κ2) is 12.1. The number of rotatable bonds is 10. The molecule has 39 heavy (non-hydrogen) atoms. The summed E-state index contributed by atoms with van der Waals surface area (Å²) in [6, 6.07) is 8.53. The first-order valence-corrected chi connectivity index (χ1v) is 16.2. The van der Waals surface area contributed by atoms with Crippen molar-refractivity contribution in [2.45, 2.75) is 90.6 Å². The lowest BCUT2D eigenvalue weighted by atomic mass is 9.47. The number of hydrogen-bond acceptors (Lipinski definition) is 4. The molecule has 0 bridgehead atoms. The van der Waals surface area contributed by atoms with Crippen molar-refractivity contribution in [1.82, 2.24) is 0 Å². The van der Waals surface area contributed by atoms with Gasteiger partial charge < -0.3 is 9.64 Å². The van der Waals surface area contributed by atoms with Gasteiger partial charge in [0.25, 0.3) is 0 Å². The average molecular weight is 575 g/mol. The summed E-state index contributed by atoms with van der Waals surface area (Å²) in [7, 11) is 0. The Hall–Kier alpha value is -1.52. The maximum atomic E-state index is 13.0. The Labute approximate surface area is 244 Å². The van der Waals surface area contributed by atoms with E-state index in [2.05, 4.69) is 43.0 Å². The van der Waals surface area contributed by atoms with Crippen LogP contribution in [0.1, 0.15) is 83.6 Å². The zero-order valence-electron chi connectivity index (χ0n) is 23.7. The number of nitrogens with zero attached hydrogens (tertiary/aromatic N) is 1. The van der Waals surface area contributed by atoms with Gasteiger partial charge in [-0.2, -0.15) is 0 Å². The van der Waals surface area contributed by atoms with Crippen LogP contribution in [0, 0.1) is 28.6 Å². The number of ether oxygens (including phenoxy) is 1. The molecule has 0 aliphatic heterocycles. The van der Waals surface area contributed by atoms with E-state index in [0.29, 0.717) is 48.1 Å². The summed E-state index contributed by atoms with van der Waals surface area (Å²) in [5, 5.41) is 0. The number of fused-ring (bicyclic) bond motifs is 5. The van der Waals surface area contributed by atoms with Crippen LogP contribution in [0.15, 0.2) is 35.9 Å². The molecule has 6 heteroatoms. The van der Waals surface area contributed by atoms with Gasteiger partial charge >= 0.3 is 5.97 Å². The Balaban J connectivity index is 1.13. The highest BCUT2D eigenvalue weighted by Crippen LogP contribution is 2.65. The summed E-state index contributed by atoms with van der Waals surface area (Å²) >= 11 is 11.9. The topological polar surface area (TPSA) is 46.6 Å². The molecule has 4 aliphatic rings. The predicted octanol–water partition coefficient (Wildman–Crippen LogP) is 7.74. The molecule has 1 aromatic rings. The average Bonchev–Trinajstić information content (AvgIpc) is 3.25. The Kier molecular flexibility index (Phi) is 9.03. The number of esters is 1. The molecule has 0 aromatic heterocycles. The molecule has 3 saturated carbocycles. The number of benzene rings is 1. The second-order valence-corrected chi connectivity index (χ2v) is 13.7. The molecule has 0 saturated heterocycles. The molecular formula is C33H45Cl2NO3. The van der Waals surface area contributed by atoms with Gasteiger partial charge in [0.05, 0.1) is 0 Å². The minimum absolute atomic E-state index is 0.0392. The monoisotopic (exact) mass is 573 g/mol. The number of anilines is 1. The smallest absolute Gasteiger partial charge is 0.306 e. The van der Waals surface area contributed by atoms with Crippen LogP contribution >= 0.6 is 23.2 Å². The van der Waals surface area contributed by atoms with Gasteiger partial charge in [-0.3, -0.25) is 9.59 Å². The van der Waals surface area contributed by atoms with Gasteiger partial charge in [0.2, 0.25) is 0 Å². The molecule has 0 heterocycles. The first-order valence-electron chi connectivity index (χ1n) is 15.2. The molecular weight excluding hydrogens is 529 g/mol. The lowest BCUT2D eigenvalue weighted by Crippen LogP contribution is -2.51. The van der Waals surface area contributed by atoms with Crippen molar-refractivity contribution < 1.29 is 14.3 Å². The van der Waals surface area contributed by atoms with Crippen LogP contribution in [-0.2, 0) is 20.7 Å². The van der Waals surface area contributed by atoms with Crippen LogP contribution in [0.4, 0.5) is 5.69 Å². The molecule has 214 valence electrons. The zero-order valence-corrected chi connectivity index (χ0v) is 25.2. The molecule has 0 N–H and O–H groups in total. The number of aryl methyl sites for hydroxylation is 1. The SMILES string of the molecule is CC12CCC(=O)C=C1CCC1C2CCC2(C)C(OC(=O)CCCc3ccc(N(CCCl)CCCl)cc3)CCC12. The summed E-state index contributed by atoms with van der Waals surface area (Å²) < 4.78 is 6.23. The molecule has 0 radical (unpaired) electrons. The zero-order chi connectivity index (χ0) is 27.6. The summed E-state index contributed by atoms with van der Waals surface area (Å²) in [5.74, 6) is 3.41. The van der Waals surface area contributed by atoms with Crippen molar-refractivity contribution in [1.29, 1.82) is 0 Å². The van der Waals surface area contributed by atoms with Crippen molar-refractivity contribution in [3.8, 4) is 0 Å². The fourth-order valence-corrected chi connectivity index (χ4v) is 9.21. The quantitative estimate of drug-likeness (QED) is 0.212. The van der Waals surface area contributed by atoms with E-state index < -0.39 is 0 Å². The Bertz CT molecular complexity index is 1070. The van der Waals surface area contributed by atoms with Gasteiger partial charge in [0.15, 0.2) is 5.78 Å². The third-order valence-electron chi connectivity index (χ3n) is 11.0. The van der Waals surface area contributed by atoms with Gasteiger partial charge in [-0.25, -0.2) is 0 Å². The highest BCUT2D eigenvalue weighted by molar-refractivity contribution is 6.18. The fourth-order valence-electron chi connectivity index (χ4n) is 8.81. The standard InChI is InChI=1S/C33H45Cl2NO3/c1-32-16-14-26(37)22-24(32)8-11-27-28-12-13-30(33(28,2)17-15-29(27)32)39-31(38)5-3-4-23-6-9-25(10-7-23)36(20-18-34)21-19-35/h6-7,9-10,22,27-30H,3-5,8,11-21H2,1-2H3. The van der Waals surface area contributed by atoms with E-state index in [0.717, 1.165) is 57.3 Å². The van der Waals surface area contributed by atoms with Gasteiger partial charge in [-0.15, -0.1) is 23.2 Å². The molecule has 1 aromatic carbocycles. The van der Waals surface area contributed by atoms with Crippen LogP contribution < -0.4 is 4.90 Å². The van der Waals surface area contributed by atoms with E-state index >= 15 is 0 Å². The number of hydrogen-bond donors (Lipinski definition) is 0. The van der Waals surface area contributed by atoms with Crippen LogP contribution in [0.3, 0.4) is 0 Å².